The van der Waals surface area contributed by atoms with Crippen LogP contribution in [-0.2, 0) is 4.79 Å². The van der Waals surface area contributed by atoms with Crippen LogP contribution in [0.5, 0.6) is 0 Å². The van der Waals surface area contributed by atoms with Gasteiger partial charge in [-0.1, -0.05) is 54.6 Å². The molecule has 164 valence electrons. The highest BCUT2D eigenvalue weighted by atomic mass is 32.2. The van der Waals surface area contributed by atoms with E-state index in [1.54, 1.807) is 0 Å². The van der Waals surface area contributed by atoms with E-state index in [0.717, 1.165) is 52.7 Å². The third-order valence-corrected chi connectivity index (χ3v) is 6.53. The van der Waals surface area contributed by atoms with Crippen LogP contribution in [0.1, 0.15) is 15.9 Å². The minimum Gasteiger partial charge on any atom is -0.376 e. The van der Waals surface area contributed by atoms with Gasteiger partial charge in [-0.2, -0.15) is 11.8 Å². The second kappa shape index (κ2) is 10.4. The van der Waals surface area contributed by atoms with Gasteiger partial charge in [0.2, 0.25) is 5.91 Å². The van der Waals surface area contributed by atoms with Gasteiger partial charge < -0.3 is 15.5 Å². The maximum absolute atomic E-state index is 12.9. The van der Waals surface area contributed by atoms with Gasteiger partial charge >= 0.3 is 0 Å². The zero-order chi connectivity index (χ0) is 22.3. The molecule has 0 atom stereocenters. The summed E-state index contributed by atoms with van der Waals surface area (Å²) in [6, 6.07) is 23.4. The molecule has 0 radical (unpaired) electrons. The summed E-state index contributed by atoms with van der Waals surface area (Å²) in [5, 5.41) is 6.21. The monoisotopic (exact) mass is 445 g/mol. The van der Waals surface area contributed by atoms with Crippen molar-refractivity contribution in [3.05, 3.63) is 83.9 Å². The number of para-hydroxylation sites is 1. The molecule has 3 aromatic rings. The zero-order valence-electron chi connectivity index (χ0n) is 18.1. The fraction of sp³-hybridized carbons (Fsp3) is 0.231. The normalized spacial score (nSPS) is 13.5. The largest absolute Gasteiger partial charge is 0.376 e. The van der Waals surface area contributed by atoms with E-state index < -0.39 is 0 Å². The predicted molar refractivity (Wildman–Crippen MR) is 133 cm³/mol. The highest BCUT2D eigenvalue weighted by Crippen LogP contribution is 2.27. The second-order valence-electron chi connectivity index (χ2n) is 7.70. The average molecular weight is 446 g/mol. The van der Waals surface area contributed by atoms with E-state index in [1.807, 2.05) is 96.4 Å². The molecule has 3 aromatic carbocycles. The van der Waals surface area contributed by atoms with Crippen LogP contribution in [0.3, 0.4) is 0 Å². The van der Waals surface area contributed by atoms with Crippen LogP contribution in [-0.4, -0.2) is 47.9 Å². The quantitative estimate of drug-likeness (QED) is 0.566. The third-order valence-electron chi connectivity index (χ3n) is 5.59. The van der Waals surface area contributed by atoms with E-state index in [-0.39, 0.29) is 18.4 Å². The lowest BCUT2D eigenvalue weighted by atomic mass is 10.0. The van der Waals surface area contributed by atoms with Crippen molar-refractivity contribution in [3.8, 4) is 11.1 Å². The molecule has 0 unspecified atom stereocenters. The first kappa shape index (κ1) is 22.0. The summed E-state index contributed by atoms with van der Waals surface area (Å²) in [6.07, 6.45) is 0. The Bertz CT molecular complexity index is 1100. The number of rotatable bonds is 6. The maximum atomic E-state index is 12.9. The van der Waals surface area contributed by atoms with Crippen molar-refractivity contribution in [1.29, 1.82) is 0 Å². The summed E-state index contributed by atoms with van der Waals surface area (Å²) in [5.74, 6) is 1.88. The molecule has 0 saturated carbocycles. The van der Waals surface area contributed by atoms with Gasteiger partial charge in [-0.25, -0.2) is 0 Å². The number of amides is 2. The van der Waals surface area contributed by atoms with Gasteiger partial charge in [-0.05, 0) is 36.2 Å². The molecule has 2 amide bonds. The van der Waals surface area contributed by atoms with Crippen LogP contribution in [0.15, 0.2) is 72.8 Å². The molecule has 32 heavy (non-hydrogen) atoms. The fourth-order valence-corrected chi connectivity index (χ4v) is 4.73. The number of carbonyl (C=O) groups excluding carboxylic acids is 2. The summed E-state index contributed by atoms with van der Waals surface area (Å²) in [5.41, 5.74) is 5.16. The molecule has 1 aliphatic heterocycles. The molecule has 0 aromatic heterocycles. The smallest absolute Gasteiger partial charge is 0.254 e. The van der Waals surface area contributed by atoms with E-state index in [9.17, 15) is 9.59 Å². The molecule has 0 aliphatic carbocycles. The first-order valence-electron chi connectivity index (χ1n) is 10.8. The van der Waals surface area contributed by atoms with Crippen molar-refractivity contribution < 1.29 is 9.59 Å². The first-order valence-corrected chi connectivity index (χ1v) is 11.9. The number of thioether (sulfide) groups is 1. The predicted octanol–water partition coefficient (Wildman–Crippen LogP) is 4.90. The average Bonchev–Trinajstić information content (AvgIpc) is 2.84. The lowest BCUT2D eigenvalue weighted by Gasteiger charge is -2.27. The van der Waals surface area contributed by atoms with E-state index in [4.69, 9.17) is 0 Å². The van der Waals surface area contributed by atoms with Gasteiger partial charge in [-0.15, -0.1) is 0 Å². The maximum Gasteiger partial charge on any atom is 0.254 e. The molecular formula is C26H27N3O2S. The van der Waals surface area contributed by atoms with Crippen LogP contribution in [0, 0.1) is 6.92 Å². The molecule has 1 heterocycles. The van der Waals surface area contributed by atoms with E-state index >= 15 is 0 Å². The Labute approximate surface area is 193 Å². The van der Waals surface area contributed by atoms with Gasteiger partial charge in [0, 0.05) is 47.1 Å². The molecule has 1 saturated heterocycles. The van der Waals surface area contributed by atoms with Crippen LogP contribution in [0.4, 0.5) is 11.4 Å². The lowest BCUT2D eigenvalue weighted by molar-refractivity contribution is -0.114. The van der Waals surface area contributed by atoms with Gasteiger partial charge in [0.1, 0.15) is 0 Å². The van der Waals surface area contributed by atoms with Crippen molar-refractivity contribution in [3.63, 3.8) is 0 Å². The van der Waals surface area contributed by atoms with Crippen molar-refractivity contribution in [2.45, 2.75) is 6.92 Å². The molecule has 2 N–H and O–H groups in total. The molecule has 0 spiro atoms. The Kier molecular flexibility index (Phi) is 7.12. The van der Waals surface area contributed by atoms with Crippen LogP contribution < -0.4 is 10.6 Å². The zero-order valence-corrected chi connectivity index (χ0v) is 19.0. The number of hydrogen-bond donors (Lipinski definition) is 2. The molecule has 1 fully saturated rings. The number of nitrogens with one attached hydrogen (secondary N) is 2. The number of carbonyl (C=O) groups is 2. The minimum absolute atomic E-state index is 0.0627. The number of benzene rings is 3. The summed E-state index contributed by atoms with van der Waals surface area (Å²) in [4.78, 5) is 27.5. The third kappa shape index (κ3) is 5.14. The first-order chi connectivity index (χ1) is 15.6. The topological polar surface area (TPSA) is 61.4 Å². The summed E-state index contributed by atoms with van der Waals surface area (Å²) >= 11 is 1.88. The minimum atomic E-state index is -0.141. The van der Waals surface area contributed by atoms with E-state index in [1.165, 1.54) is 0 Å². The molecular weight excluding hydrogens is 418 g/mol. The van der Waals surface area contributed by atoms with Gasteiger partial charge in [0.15, 0.2) is 0 Å². The number of nitrogens with zero attached hydrogens (tertiary/aromatic N) is 1. The van der Waals surface area contributed by atoms with Crippen LogP contribution >= 0.6 is 11.8 Å². The van der Waals surface area contributed by atoms with Gasteiger partial charge in [0.25, 0.3) is 5.91 Å². The SMILES string of the molecule is Cc1c(NCC(=O)Nc2ccccc2-c2ccccc2)cccc1C(=O)N1CCSCC1. The molecule has 5 nitrogen and oxygen atoms in total. The second-order valence-corrected chi connectivity index (χ2v) is 8.92. The molecule has 0 bridgehead atoms. The van der Waals surface area contributed by atoms with Gasteiger partial charge in [0.05, 0.1) is 6.54 Å². The van der Waals surface area contributed by atoms with Crippen LogP contribution in [0.2, 0.25) is 0 Å². The van der Waals surface area contributed by atoms with E-state index in [2.05, 4.69) is 10.6 Å². The van der Waals surface area contributed by atoms with Crippen molar-refractivity contribution >= 4 is 35.0 Å². The Balaban J connectivity index is 1.43. The van der Waals surface area contributed by atoms with Crippen molar-refractivity contribution in [2.75, 3.05) is 41.8 Å². The van der Waals surface area contributed by atoms with Crippen molar-refractivity contribution in [1.82, 2.24) is 4.90 Å². The Morgan fingerprint density at radius 1 is 0.875 bits per heavy atom. The highest BCUT2D eigenvalue weighted by Gasteiger charge is 2.21. The van der Waals surface area contributed by atoms with Gasteiger partial charge in [-0.3, -0.25) is 9.59 Å². The summed E-state index contributed by atoms with van der Waals surface area (Å²) in [6.45, 7) is 3.60. The number of anilines is 2. The lowest BCUT2D eigenvalue weighted by Crippen LogP contribution is -2.38. The fourth-order valence-electron chi connectivity index (χ4n) is 3.83. The number of hydrogen-bond acceptors (Lipinski definition) is 4. The molecule has 4 rings (SSSR count). The molecule has 6 heteroatoms. The Morgan fingerprint density at radius 3 is 2.34 bits per heavy atom. The summed E-state index contributed by atoms with van der Waals surface area (Å²) < 4.78 is 0. The Morgan fingerprint density at radius 2 is 1.56 bits per heavy atom. The van der Waals surface area contributed by atoms with Crippen molar-refractivity contribution in [2.24, 2.45) is 0 Å². The highest BCUT2D eigenvalue weighted by molar-refractivity contribution is 7.99. The Hall–Kier alpha value is -3.25. The standard InChI is InChI=1S/C26H27N3O2S/c1-19-21(26(31)29-14-16-32-17-15-29)11-7-13-23(19)27-18-25(30)28-24-12-6-5-10-22(24)20-8-3-2-4-9-20/h2-13,27H,14-18H2,1H3,(H,28,30). The molecule has 1 aliphatic rings. The van der Waals surface area contributed by atoms with E-state index in [0.29, 0.717) is 5.56 Å². The van der Waals surface area contributed by atoms with Crippen LogP contribution in [0.25, 0.3) is 11.1 Å². The summed E-state index contributed by atoms with van der Waals surface area (Å²) in [7, 11) is 0.